The van der Waals surface area contributed by atoms with E-state index in [2.05, 4.69) is 22.0 Å². The lowest BCUT2D eigenvalue weighted by Crippen LogP contribution is -2.66. The molecule has 1 N–H and O–H groups in total. The largest absolute Gasteiger partial charge is 0.364 e. The quantitative estimate of drug-likeness (QED) is 0.904. The number of aromatic amines is 1. The van der Waals surface area contributed by atoms with Crippen molar-refractivity contribution < 1.29 is 9.53 Å². The van der Waals surface area contributed by atoms with Crippen LogP contribution >= 0.6 is 0 Å². The summed E-state index contributed by atoms with van der Waals surface area (Å²) < 4.78 is 6.02. The van der Waals surface area contributed by atoms with Gasteiger partial charge in [0.25, 0.3) is 0 Å². The highest BCUT2D eigenvalue weighted by Gasteiger charge is 2.52. The number of likely N-dealkylation sites (tertiary alicyclic amines) is 1. The molecule has 2 atom stereocenters. The number of rotatable bonds is 3. The van der Waals surface area contributed by atoms with Gasteiger partial charge in [-0.25, -0.2) is 0 Å². The van der Waals surface area contributed by atoms with Crippen LogP contribution in [0.1, 0.15) is 17.5 Å². The van der Waals surface area contributed by atoms with Crippen molar-refractivity contribution in [1.29, 1.82) is 0 Å². The van der Waals surface area contributed by atoms with Crippen LogP contribution in [0.15, 0.2) is 53.5 Å². The Morgan fingerprint density at radius 3 is 2.73 bits per heavy atom. The monoisotopic (exact) mass is 353 g/mol. The zero-order valence-electron chi connectivity index (χ0n) is 14.9. The number of H-pyrrole nitrogens is 1. The van der Waals surface area contributed by atoms with Crippen molar-refractivity contribution in [3.8, 4) is 0 Å². The Balaban J connectivity index is 1.60. The van der Waals surface area contributed by atoms with Crippen LogP contribution in [-0.2, 0) is 21.6 Å². The number of nitrogens with zero attached hydrogens (tertiary/aromatic N) is 2. The van der Waals surface area contributed by atoms with Crippen LogP contribution < -0.4 is 5.56 Å². The number of morpholine rings is 1. The summed E-state index contributed by atoms with van der Waals surface area (Å²) in [5.74, 6) is 0.0270. The highest BCUT2D eigenvalue weighted by atomic mass is 16.5. The molecular formula is C20H23N3O3. The van der Waals surface area contributed by atoms with E-state index in [0.717, 1.165) is 37.2 Å². The minimum absolute atomic E-state index is 0.0270. The van der Waals surface area contributed by atoms with E-state index in [4.69, 9.17) is 4.74 Å². The van der Waals surface area contributed by atoms with Crippen LogP contribution in [0.25, 0.3) is 0 Å². The van der Waals surface area contributed by atoms with Crippen molar-refractivity contribution in [2.75, 3.05) is 26.7 Å². The molecule has 2 aliphatic rings. The van der Waals surface area contributed by atoms with Crippen LogP contribution in [0.3, 0.4) is 0 Å². The third-order valence-corrected chi connectivity index (χ3v) is 5.67. The number of carbonyl (C=O) groups excluding carboxylic acids is 1. The fraction of sp³-hybridized carbons (Fsp3) is 0.400. The molecule has 1 aromatic heterocycles. The summed E-state index contributed by atoms with van der Waals surface area (Å²) >= 11 is 0. The van der Waals surface area contributed by atoms with Gasteiger partial charge in [-0.1, -0.05) is 36.4 Å². The summed E-state index contributed by atoms with van der Waals surface area (Å²) in [5, 5.41) is 0. The molecule has 6 heteroatoms. The molecule has 0 bridgehead atoms. The average molecular weight is 353 g/mol. The van der Waals surface area contributed by atoms with Gasteiger partial charge >= 0.3 is 0 Å². The van der Waals surface area contributed by atoms with Gasteiger partial charge in [0.05, 0.1) is 11.6 Å². The maximum absolute atomic E-state index is 12.4. The van der Waals surface area contributed by atoms with Crippen LogP contribution in [0.4, 0.5) is 0 Å². The first kappa shape index (κ1) is 17.0. The highest BCUT2D eigenvalue weighted by Crippen LogP contribution is 2.42. The fourth-order valence-corrected chi connectivity index (χ4v) is 4.23. The summed E-state index contributed by atoms with van der Waals surface area (Å²) in [6, 6.07) is 13.6. The molecule has 0 aliphatic carbocycles. The number of benzene rings is 1. The van der Waals surface area contributed by atoms with E-state index in [9.17, 15) is 9.59 Å². The predicted octanol–water partition coefficient (Wildman–Crippen LogP) is 1.33. The Morgan fingerprint density at radius 1 is 1.19 bits per heavy atom. The second kappa shape index (κ2) is 6.70. The van der Waals surface area contributed by atoms with E-state index >= 15 is 0 Å². The number of pyridine rings is 1. The number of nitrogens with one attached hydrogen (secondary N) is 1. The second-order valence-corrected chi connectivity index (χ2v) is 7.09. The van der Waals surface area contributed by atoms with Crippen molar-refractivity contribution in [2.45, 2.75) is 24.6 Å². The predicted molar refractivity (Wildman–Crippen MR) is 97.6 cm³/mol. The van der Waals surface area contributed by atoms with Crippen molar-refractivity contribution in [2.24, 2.45) is 0 Å². The standard InChI is InChI=1S/C20H23N3O3/c1-22-19(25)14-26-17-13-23(12-15-7-8-18(24)21-11-15)10-9-20(17,22)16-5-3-2-4-6-16/h2-8,11,17H,9-10,12-14H2,1H3,(H,21,24)/t17-,20+/m1/s1. The third-order valence-electron chi connectivity index (χ3n) is 5.67. The SMILES string of the molecule is CN1C(=O)CO[C@@H]2CN(Cc3ccc(=O)[nH]c3)CC[C@]21c1ccccc1. The number of carbonyl (C=O) groups is 1. The number of likely N-dealkylation sites (N-methyl/N-ethyl adjacent to an activating group) is 1. The lowest BCUT2D eigenvalue weighted by Gasteiger charge is -2.54. The Hall–Kier alpha value is -2.44. The van der Waals surface area contributed by atoms with Crippen LogP contribution in [0, 0.1) is 0 Å². The zero-order valence-corrected chi connectivity index (χ0v) is 14.9. The molecule has 2 saturated heterocycles. The van der Waals surface area contributed by atoms with Gasteiger partial charge in [0, 0.05) is 38.9 Å². The smallest absolute Gasteiger partial charge is 0.249 e. The highest BCUT2D eigenvalue weighted by molar-refractivity contribution is 5.79. The average Bonchev–Trinajstić information content (AvgIpc) is 2.67. The molecule has 0 radical (unpaired) electrons. The van der Waals surface area contributed by atoms with Gasteiger partial charge in [-0.3, -0.25) is 14.5 Å². The molecule has 4 rings (SSSR count). The summed E-state index contributed by atoms with van der Waals surface area (Å²) in [4.78, 5) is 30.6. The van der Waals surface area contributed by atoms with E-state index in [0.29, 0.717) is 0 Å². The maximum atomic E-state index is 12.4. The molecule has 1 aromatic carbocycles. The van der Waals surface area contributed by atoms with Gasteiger partial charge in [-0.2, -0.15) is 0 Å². The molecule has 0 unspecified atom stereocenters. The normalized spacial score (nSPS) is 26.6. The summed E-state index contributed by atoms with van der Waals surface area (Å²) in [6.45, 7) is 2.47. The van der Waals surface area contributed by atoms with Crippen LogP contribution in [0.5, 0.6) is 0 Å². The number of aromatic nitrogens is 1. The minimum Gasteiger partial charge on any atom is -0.364 e. The van der Waals surface area contributed by atoms with Gasteiger partial charge in [0.2, 0.25) is 11.5 Å². The molecular weight excluding hydrogens is 330 g/mol. The number of piperidine rings is 1. The first-order valence-electron chi connectivity index (χ1n) is 8.93. The molecule has 6 nitrogen and oxygen atoms in total. The van der Waals surface area contributed by atoms with Crippen LogP contribution in [0.2, 0.25) is 0 Å². The van der Waals surface area contributed by atoms with E-state index < -0.39 is 5.54 Å². The molecule has 3 heterocycles. The third kappa shape index (κ3) is 2.85. The lowest BCUT2D eigenvalue weighted by molar-refractivity contribution is -0.183. The molecule has 2 aromatic rings. The number of hydrogen-bond acceptors (Lipinski definition) is 4. The van der Waals surface area contributed by atoms with Crippen molar-refractivity contribution in [3.05, 3.63) is 70.1 Å². The molecule has 136 valence electrons. The van der Waals surface area contributed by atoms with E-state index in [1.165, 1.54) is 0 Å². The second-order valence-electron chi connectivity index (χ2n) is 7.09. The van der Waals surface area contributed by atoms with Gasteiger partial charge < -0.3 is 14.6 Å². The fourth-order valence-electron chi connectivity index (χ4n) is 4.23. The van der Waals surface area contributed by atoms with Gasteiger partial charge in [0.15, 0.2) is 0 Å². The summed E-state index contributed by atoms with van der Waals surface area (Å²) in [5.41, 5.74) is 1.69. The van der Waals surface area contributed by atoms with Crippen molar-refractivity contribution >= 4 is 5.91 Å². The van der Waals surface area contributed by atoms with E-state index in [1.54, 1.807) is 12.3 Å². The number of fused-ring (bicyclic) bond motifs is 1. The van der Waals surface area contributed by atoms with Gasteiger partial charge in [-0.15, -0.1) is 0 Å². The molecule has 0 spiro atoms. The molecule has 2 aliphatic heterocycles. The molecule has 26 heavy (non-hydrogen) atoms. The van der Waals surface area contributed by atoms with Crippen LogP contribution in [-0.4, -0.2) is 53.5 Å². The first-order chi connectivity index (χ1) is 12.6. The maximum Gasteiger partial charge on any atom is 0.249 e. The van der Waals surface area contributed by atoms with E-state index in [-0.39, 0.29) is 24.2 Å². The zero-order chi connectivity index (χ0) is 18.1. The first-order valence-corrected chi connectivity index (χ1v) is 8.93. The molecule has 0 saturated carbocycles. The summed E-state index contributed by atoms with van der Waals surface area (Å²) in [6.07, 6.45) is 2.50. The van der Waals surface area contributed by atoms with Gasteiger partial charge in [-0.05, 0) is 17.5 Å². The summed E-state index contributed by atoms with van der Waals surface area (Å²) in [7, 11) is 1.89. The molecule has 1 amide bonds. The molecule has 2 fully saturated rings. The number of ether oxygens (including phenoxy) is 1. The van der Waals surface area contributed by atoms with E-state index in [1.807, 2.05) is 36.2 Å². The Kier molecular flexibility index (Phi) is 4.38. The topological polar surface area (TPSA) is 65.6 Å². The van der Waals surface area contributed by atoms with Gasteiger partial charge in [0.1, 0.15) is 6.61 Å². The number of amides is 1. The van der Waals surface area contributed by atoms with Crippen molar-refractivity contribution in [3.63, 3.8) is 0 Å². The van der Waals surface area contributed by atoms with Crippen molar-refractivity contribution in [1.82, 2.24) is 14.8 Å². The minimum atomic E-state index is -0.419. The Morgan fingerprint density at radius 2 is 2.00 bits per heavy atom. The Labute approximate surface area is 152 Å². The lowest BCUT2D eigenvalue weighted by atomic mass is 9.76. The number of hydrogen-bond donors (Lipinski definition) is 1. The Bertz CT molecular complexity index is 830.